The summed E-state index contributed by atoms with van der Waals surface area (Å²) in [6.07, 6.45) is 9.87. The normalized spacial score (nSPS) is 32.2. The molecular weight excluding hydrogens is 290 g/mol. The van der Waals surface area contributed by atoms with Gasteiger partial charge in [-0.15, -0.1) is 0 Å². The molecular formula is C18H31N3O2. The highest BCUT2D eigenvalue weighted by molar-refractivity contribution is 5.79. The van der Waals surface area contributed by atoms with Gasteiger partial charge in [-0.2, -0.15) is 0 Å². The predicted octanol–water partition coefficient (Wildman–Crippen LogP) is 1.77. The molecule has 5 nitrogen and oxygen atoms in total. The summed E-state index contributed by atoms with van der Waals surface area (Å²) in [4.78, 5) is 28.4. The molecule has 3 fully saturated rings. The van der Waals surface area contributed by atoms with Crippen molar-refractivity contribution in [3.8, 4) is 0 Å². The summed E-state index contributed by atoms with van der Waals surface area (Å²) in [5.74, 6) is 1.08. The topological polar surface area (TPSA) is 52.7 Å². The van der Waals surface area contributed by atoms with Crippen LogP contribution >= 0.6 is 0 Å². The molecule has 5 heteroatoms. The number of amides is 2. The summed E-state index contributed by atoms with van der Waals surface area (Å²) in [5, 5.41) is 2.97. The predicted molar refractivity (Wildman–Crippen MR) is 90.0 cm³/mol. The summed E-state index contributed by atoms with van der Waals surface area (Å²) in [7, 11) is 0. The Balaban J connectivity index is 1.54. The Morgan fingerprint density at radius 2 is 1.74 bits per heavy atom. The smallest absolute Gasteiger partial charge is 0.236 e. The standard InChI is InChI=1S/C18H31N3O2/c1-14(22)19-16-8-5-11-21(12-16)18(23)13-20-10-4-7-15-6-2-3-9-17(15)20/h15-17H,2-13H2,1H3,(H,19,22)/t15-,16+,17-/m0/s1. The van der Waals surface area contributed by atoms with Gasteiger partial charge in [0.15, 0.2) is 0 Å². The Labute approximate surface area is 139 Å². The van der Waals surface area contributed by atoms with E-state index in [0.29, 0.717) is 19.1 Å². The van der Waals surface area contributed by atoms with E-state index < -0.39 is 0 Å². The molecule has 2 amide bonds. The maximum absolute atomic E-state index is 12.7. The summed E-state index contributed by atoms with van der Waals surface area (Å²) in [5.41, 5.74) is 0. The molecule has 0 radical (unpaired) electrons. The molecule has 0 unspecified atom stereocenters. The van der Waals surface area contributed by atoms with Gasteiger partial charge in [0.25, 0.3) is 0 Å². The summed E-state index contributed by atoms with van der Waals surface area (Å²) in [6.45, 7) is 4.73. The molecule has 1 N–H and O–H groups in total. The lowest BCUT2D eigenvalue weighted by molar-refractivity contribution is -0.136. The fourth-order valence-electron chi connectivity index (χ4n) is 4.81. The number of carbonyl (C=O) groups excluding carboxylic acids is 2. The van der Waals surface area contributed by atoms with Crippen LogP contribution in [0.3, 0.4) is 0 Å². The minimum absolute atomic E-state index is 0.00498. The van der Waals surface area contributed by atoms with Crippen molar-refractivity contribution in [2.24, 2.45) is 5.92 Å². The maximum atomic E-state index is 12.7. The van der Waals surface area contributed by atoms with Gasteiger partial charge in [-0.05, 0) is 51.0 Å². The van der Waals surface area contributed by atoms with Crippen molar-refractivity contribution in [1.29, 1.82) is 0 Å². The molecule has 23 heavy (non-hydrogen) atoms. The number of hydrogen-bond donors (Lipinski definition) is 1. The lowest BCUT2D eigenvalue weighted by Crippen LogP contribution is -2.54. The first-order valence-corrected chi connectivity index (χ1v) is 9.42. The molecule has 3 aliphatic rings. The van der Waals surface area contributed by atoms with Crippen LogP contribution in [0, 0.1) is 5.92 Å². The Hall–Kier alpha value is -1.10. The Bertz CT molecular complexity index is 438. The first-order valence-electron chi connectivity index (χ1n) is 9.42. The third-order valence-electron chi connectivity index (χ3n) is 5.88. The van der Waals surface area contributed by atoms with Crippen LogP contribution in [-0.2, 0) is 9.59 Å². The summed E-state index contributed by atoms with van der Waals surface area (Å²) in [6, 6.07) is 0.770. The molecule has 3 atom stereocenters. The van der Waals surface area contributed by atoms with Crippen LogP contribution in [-0.4, -0.2) is 59.9 Å². The van der Waals surface area contributed by atoms with Crippen molar-refractivity contribution in [3.05, 3.63) is 0 Å². The van der Waals surface area contributed by atoms with Gasteiger partial charge < -0.3 is 10.2 Å². The van der Waals surface area contributed by atoms with E-state index in [9.17, 15) is 9.59 Å². The maximum Gasteiger partial charge on any atom is 0.236 e. The van der Waals surface area contributed by atoms with Crippen molar-refractivity contribution in [2.75, 3.05) is 26.2 Å². The van der Waals surface area contributed by atoms with E-state index >= 15 is 0 Å². The molecule has 0 bridgehead atoms. The number of hydrogen-bond acceptors (Lipinski definition) is 3. The lowest BCUT2D eigenvalue weighted by Gasteiger charge is -2.44. The number of fused-ring (bicyclic) bond motifs is 1. The fraction of sp³-hybridized carbons (Fsp3) is 0.889. The average Bonchev–Trinajstić information content (AvgIpc) is 2.55. The second-order valence-electron chi connectivity index (χ2n) is 7.60. The average molecular weight is 321 g/mol. The molecule has 1 saturated carbocycles. The molecule has 0 aromatic heterocycles. The van der Waals surface area contributed by atoms with Crippen LogP contribution in [0.5, 0.6) is 0 Å². The third-order valence-corrected chi connectivity index (χ3v) is 5.88. The van der Waals surface area contributed by atoms with Crippen LogP contribution < -0.4 is 5.32 Å². The minimum atomic E-state index is 0.00498. The zero-order chi connectivity index (χ0) is 16.2. The summed E-state index contributed by atoms with van der Waals surface area (Å²) >= 11 is 0. The second-order valence-corrected chi connectivity index (χ2v) is 7.60. The zero-order valence-corrected chi connectivity index (χ0v) is 14.4. The first-order chi connectivity index (χ1) is 11.1. The van der Waals surface area contributed by atoms with Crippen molar-refractivity contribution in [1.82, 2.24) is 15.1 Å². The van der Waals surface area contributed by atoms with E-state index in [1.165, 1.54) is 38.5 Å². The monoisotopic (exact) mass is 321 g/mol. The van der Waals surface area contributed by atoms with Crippen molar-refractivity contribution in [3.63, 3.8) is 0 Å². The minimum Gasteiger partial charge on any atom is -0.352 e. The number of piperidine rings is 2. The highest BCUT2D eigenvalue weighted by atomic mass is 16.2. The molecule has 0 aromatic carbocycles. The second kappa shape index (κ2) is 7.65. The molecule has 130 valence electrons. The Morgan fingerprint density at radius 1 is 1.00 bits per heavy atom. The van der Waals surface area contributed by atoms with E-state index in [1.54, 1.807) is 6.92 Å². The van der Waals surface area contributed by atoms with Gasteiger partial charge >= 0.3 is 0 Å². The number of rotatable bonds is 3. The Kier molecular flexibility index (Phi) is 5.57. The largest absolute Gasteiger partial charge is 0.352 e. The highest BCUT2D eigenvalue weighted by Crippen LogP contribution is 2.35. The molecule has 2 heterocycles. The van der Waals surface area contributed by atoms with Gasteiger partial charge in [0, 0.05) is 32.1 Å². The van der Waals surface area contributed by atoms with Gasteiger partial charge in [-0.25, -0.2) is 0 Å². The Morgan fingerprint density at radius 3 is 2.57 bits per heavy atom. The highest BCUT2D eigenvalue weighted by Gasteiger charge is 2.35. The first kappa shape index (κ1) is 16.7. The van der Waals surface area contributed by atoms with Gasteiger partial charge in [-0.1, -0.05) is 12.8 Å². The SMILES string of the molecule is CC(=O)N[C@@H]1CCCN(C(=O)CN2CCC[C@@H]3CCCC[C@@H]32)C1. The van der Waals surface area contributed by atoms with Gasteiger partial charge in [0.05, 0.1) is 6.54 Å². The fourth-order valence-corrected chi connectivity index (χ4v) is 4.81. The zero-order valence-electron chi connectivity index (χ0n) is 14.4. The van der Waals surface area contributed by atoms with E-state index in [4.69, 9.17) is 0 Å². The number of nitrogens with one attached hydrogen (secondary N) is 1. The van der Waals surface area contributed by atoms with Crippen molar-refractivity contribution >= 4 is 11.8 Å². The lowest BCUT2D eigenvalue weighted by atomic mass is 9.78. The molecule has 3 rings (SSSR count). The van der Waals surface area contributed by atoms with Crippen LogP contribution in [0.25, 0.3) is 0 Å². The summed E-state index contributed by atoms with van der Waals surface area (Å²) < 4.78 is 0. The van der Waals surface area contributed by atoms with Gasteiger partial charge in [-0.3, -0.25) is 14.5 Å². The van der Waals surface area contributed by atoms with E-state index in [0.717, 1.165) is 31.8 Å². The number of carbonyl (C=O) groups is 2. The van der Waals surface area contributed by atoms with E-state index in [2.05, 4.69) is 10.2 Å². The number of nitrogens with zero attached hydrogens (tertiary/aromatic N) is 2. The van der Waals surface area contributed by atoms with E-state index in [1.807, 2.05) is 4.90 Å². The van der Waals surface area contributed by atoms with Crippen LogP contribution in [0.2, 0.25) is 0 Å². The van der Waals surface area contributed by atoms with Crippen molar-refractivity contribution < 1.29 is 9.59 Å². The van der Waals surface area contributed by atoms with Gasteiger partial charge in [0.1, 0.15) is 0 Å². The molecule has 0 spiro atoms. The quantitative estimate of drug-likeness (QED) is 0.862. The molecule has 0 aromatic rings. The van der Waals surface area contributed by atoms with Crippen LogP contribution in [0.15, 0.2) is 0 Å². The molecule has 1 aliphatic carbocycles. The van der Waals surface area contributed by atoms with E-state index in [-0.39, 0.29) is 17.9 Å². The van der Waals surface area contributed by atoms with Crippen LogP contribution in [0.4, 0.5) is 0 Å². The van der Waals surface area contributed by atoms with Gasteiger partial charge in [0.2, 0.25) is 11.8 Å². The van der Waals surface area contributed by atoms with Crippen molar-refractivity contribution in [2.45, 2.75) is 70.4 Å². The third kappa shape index (κ3) is 4.25. The number of likely N-dealkylation sites (tertiary alicyclic amines) is 2. The van der Waals surface area contributed by atoms with Crippen LogP contribution in [0.1, 0.15) is 58.3 Å². The molecule has 2 saturated heterocycles. The molecule has 2 aliphatic heterocycles.